The maximum Gasteiger partial charge on any atom is 0.241 e. The van der Waals surface area contributed by atoms with Crippen molar-refractivity contribution in [2.75, 3.05) is 18.5 Å². The van der Waals surface area contributed by atoms with Gasteiger partial charge in [0.05, 0.1) is 6.04 Å². The molecule has 1 aromatic heterocycles. The smallest absolute Gasteiger partial charge is 0.241 e. The van der Waals surface area contributed by atoms with Crippen LogP contribution in [0.2, 0.25) is 0 Å². The highest BCUT2D eigenvalue weighted by molar-refractivity contribution is 5.94. The zero-order valence-corrected chi connectivity index (χ0v) is 13.4. The van der Waals surface area contributed by atoms with Gasteiger partial charge in [-0.05, 0) is 49.1 Å². The number of carbonyl (C=O) groups is 1. The van der Waals surface area contributed by atoms with Gasteiger partial charge in [0.1, 0.15) is 5.75 Å². The highest BCUT2D eigenvalue weighted by atomic mass is 16.5. The number of pyridine rings is 1. The molecule has 0 aliphatic carbocycles. The lowest BCUT2D eigenvalue weighted by Crippen LogP contribution is -2.43. The Morgan fingerprint density at radius 3 is 2.62 bits per heavy atom. The lowest BCUT2D eigenvalue weighted by Gasteiger charge is -2.26. The molecule has 2 aromatic rings. The fraction of sp³-hybridized carbons (Fsp3) is 0.333. The third-order valence-electron chi connectivity index (χ3n) is 4.06. The summed E-state index contributed by atoms with van der Waals surface area (Å²) in [4.78, 5) is 16.4. The first-order valence-electron chi connectivity index (χ1n) is 8.05. The Hall–Kier alpha value is -2.44. The number of nitrogens with two attached hydrogens (primary N) is 1. The Labute approximate surface area is 141 Å². The number of amides is 1. The van der Waals surface area contributed by atoms with Crippen LogP contribution in [-0.4, -0.2) is 30.1 Å². The molecular formula is C18H21N3O3. The van der Waals surface area contributed by atoms with E-state index in [9.17, 15) is 4.79 Å². The van der Waals surface area contributed by atoms with Crippen LogP contribution in [0.15, 0.2) is 48.7 Å². The van der Waals surface area contributed by atoms with Crippen LogP contribution in [-0.2, 0) is 9.53 Å². The van der Waals surface area contributed by atoms with Crippen molar-refractivity contribution in [2.45, 2.75) is 18.9 Å². The lowest BCUT2D eigenvalue weighted by molar-refractivity contribution is -0.119. The number of carbonyl (C=O) groups excluding carboxylic acids is 1. The van der Waals surface area contributed by atoms with Crippen molar-refractivity contribution >= 4 is 11.6 Å². The summed E-state index contributed by atoms with van der Waals surface area (Å²) in [5.41, 5.74) is 6.76. The minimum absolute atomic E-state index is 0.166. The molecule has 0 radical (unpaired) electrons. The van der Waals surface area contributed by atoms with Gasteiger partial charge in [-0.15, -0.1) is 0 Å². The topological polar surface area (TPSA) is 86.5 Å². The van der Waals surface area contributed by atoms with Crippen LogP contribution in [0.4, 0.5) is 5.69 Å². The van der Waals surface area contributed by atoms with Crippen molar-refractivity contribution in [2.24, 2.45) is 11.7 Å². The van der Waals surface area contributed by atoms with Gasteiger partial charge in [-0.25, -0.2) is 4.98 Å². The largest absolute Gasteiger partial charge is 0.439 e. The number of nitrogens with one attached hydrogen (secondary N) is 1. The summed E-state index contributed by atoms with van der Waals surface area (Å²) in [6, 6.07) is 12.1. The zero-order chi connectivity index (χ0) is 16.8. The Bertz CT molecular complexity index is 655. The summed E-state index contributed by atoms with van der Waals surface area (Å²) in [6.45, 7) is 1.34. The van der Waals surface area contributed by atoms with E-state index in [0.29, 0.717) is 30.5 Å². The number of hydrogen-bond donors (Lipinski definition) is 2. The monoisotopic (exact) mass is 327 g/mol. The van der Waals surface area contributed by atoms with Crippen molar-refractivity contribution < 1.29 is 14.3 Å². The Morgan fingerprint density at radius 2 is 1.96 bits per heavy atom. The molecule has 3 N–H and O–H groups in total. The number of rotatable bonds is 5. The number of anilines is 1. The molecule has 1 atom stereocenters. The van der Waals surface area contributed by atoms with Crippen LogP contribution in [0.3, 0.4) is 0 Å². The molecule has 126 valence electrons. The quantitative estimate of drug-likeness (QED) is 0.881. The van der Waals surface area contributed by atoms with E-state index in [-0.39, 0.29) is 11.8 Å². The molecule has 1 aliphatic heterocycles. The summed E-state index contributed by atoms with van der Waals surface area (Å²) in [6.07, 6.45) is 3.32. The molecule has 1 aromatic carbocycles. The molecule has 1 aliphatic rings. The fourth-order valence-electron chi connectivity index (χ4n) is 2.65. The first-order chi connectivity index (χ1) is 11.7. The molecule has 2 heterocycles. The molecule has 1 unspecified atom stereocenters. The second kappa shape index (κ2) is 7.90. The van der Waals surface area contributed by atoms with E-state index in [4.69, 9.17) is 15.2 Å². The normalized spacial score (nSPS) is 16.4. The molecule has 0 spiro atoms. The first kappa shape index (κ1) is 16.4. The minimum atomic E-state index is -0.515. The van der Waals surface area contributed by atoms with Gasteiger partial charge in [-0.2, -0.15) is 0 Å². The summed E-state index contributed by atoms with van der Waals surface area (Å²) in [7, 11) is 0. The maximum absolute atomic E-state index is 12.3. The van der Waals surface area contributed by atoms with Crippen LogP contribution in [0.5, 0.6) is 11.6 Å². The first-order valence-corrected chi connectivity index (χ1v) is 8.05. The predicted octanol–water partition coefficient (Wildman–Crippen LogP) is 2.57. The van der Waals surface area contributed by atoms with Gasteiger partial charge in [0.2, 0.25) is 11.8 Å². The van der Waals surface area contributed by atoms with Crippen LogP contribution >= 0.6 is 0 Å². The standard InChI is InChI=1S/C18H21N3O3/c19-17(13-8-11-23-12-9-13)18(22)21-14-4-6-15(7-5-14)24-16-3-1-2-10-20-16/h1-7,10,13,17H,8-9,11-12,19H2,(H,21,22). The molecule has 6 heteroatoms. The number of nitrogens with zero attached hydrogens (tertiary/aromatic N) is 1. The summed E-state index contributed by atoms with van der Waals surface area (Å²) >= 11 is 0. The van der Waals surface area contributed by atoms with E-state index >= 15 is 0 Å². The Kier molecular flexibility index (Phi) is 5.40. The van der Waals surface area contributed by atoms with Gasteiger partial charge < -0.3 is 20.5 Å². The number of ether oxygens (including phenoxy) is 2. The maximum atomic E-state index is 12.3. The van der Waals surface area contributed by atoms with Crippen LogP contribution in [0, 0.1) is 5.92 Å². The summed E-state index contributed by atoms with van der Waals surface area (Å²) in [5, 5.41) is 2.85. The molecule has 24 heavy (non-hydrogen) atoms. The van der Waals surface area contributed by atoms with E-state index in [1.807, 2.05) is 12.1 Å². The second-order valence-electron chi connectivity index (χ2n) is 5.76. The lowest BCUT2D eigenvalue weighted by atomic mass is 9.92. The van der Waals surface area contributed by atoms with Gasteiger partial charge in [0.25, 0.3) is 0 Å². The Balaban J connectivity index is 1.56. The molecule has 0 bridgehead atoms. The fourth-order valence-corrected chi connectivity index (χ4v) is 2.65. The second-order valence-corrected chi connectivity index (χ2v) is 5.76. The molecular weight excluding hydrogens is 306 g/mol. The van der Waals surface area contributed by atoms with Crippen molar-refractivity contribution in [1.29, 1.82) is 0 Å². The SMILES string of the molecule is NC(C(=O)Nc1ccc(Oc2ccccn2)cc1)C1CCOCC1. The van der Waals surface area contributed by atoms with Gasteiger partial charge in [0, 0.05) is 31.2 Å². The van der Waals surface area contributed by atoms with Crippen molar-refractivity contribution in [1.82, 2.24) is 4.98 Å². The number of aromatic nitrogens is 1. The van der Waals surface area contributed by atoms with E-state index in [1.54, 1.807) is 36.5 Å². The van der Waals surface area contributed by atoms with Gasteiger partial charge >= 0.3 is 0 Å². The van der Waals surface area contributed by atoms with Crippen LogP contribution < -0.4 is 15.8 Å². The third kappa shape index (κ3) is 4.31. The zero-order valence-electron chi connectivity index (χ0n) is 13.4. The highest BCUT2D eigenvalue weighted by Crippen LogP contribution is 2.22. The molecule has 1 fully saturated rings. The van der Waals surface area contributed by atoms with E-state index in [2.05, 4.69) is 10.3 Å². The van der Waals surface area contributed by atoms with Gasteiger partial charge in [-0.3, -0.25) is 4.79 Å². The van der Waals surface area contributed by atoms with E-state index in [1.165, 1.54) is 0 Å². The van der Waals surface area contributed by atoms with Gasteiger partial charge in [-0.1, -0.05) is 6.07 Å². The summed E-state index contributed by atoms with van der Waals surface area (Å²) < 4.78 is 10.9. The average molecular weight is 327 g/mol. The number of benzene rings is 1. The molecule has 6 nitrogen and oxygen atoms in total. The average Bonchev–Trinajstić information content (AvgIpc) is 2.64. The molecule has 1 saturated heterocycles. The van der Waals surface area contributed by atoms with E-state index < -0.39 is 6.04 Å². The molecule has 0 saturated carbocycles. The van der Waals surface area contributed by atoms with Crippen LogP contribution in [0.1, 0.15) is 12.8 Å². The van der Waals surface area contributed by atoms with E-state index in [0.717, 1.165) is 12.8 Å². The molecule has 3 rings (SSSR count). The minimum Gasteiger partial charge on any atom is -0.439 e. The third-order valence-corrected chi connectivity index (χ3v) is 4.06. The van der Waals surface area contributed by atoms with Crippen molar-refractivity contribution in [3.8, 4) is 11.6 Å². The van der Waals surface area contributed by atoms with Crippen LogP contribution in [0.25, 0.3) is 0 Å². The predicted molar refractivity (Wildman–Crippen MR) is 90.9 cm³/mol. The summed E-state index contributed by atoms with van der Waals surface area (Å²) in [5.74, 6) is 1.18. The van der Waals surface area contributed by atoms with Gasteiger partial charge in [0.15, 0.2) is 0 Å². The van der Waals surface area contributed by atoms with Crippen molar-refractivity contribution in [3.63, 3.8) is 0 Å². The Morgan fingerprint density at radius 1 is 1.21 bits per heavy atom. The van der Waals surface area contributed by atoms with Crippen molar-refractivity contribution in [3.05, 3.63) is 48.7 Å². The number of hydrogen-bond acceptors (Lipinski definition) is 5. The highest BCUT2D eigenvalue weighted by Gasteiger charge is 2.26. The molecule has 1 amide bonds.